The van der Waals surface area contributed by atoms with Crippen LogP contribution in [0.1, 0.15) is 42.0 Å². The number of ether oxygens (including phenoxy) is 2. The van der Waals surface area contributed by atoms with Crippen LogP contribution < -0.4 is 10.6 Å². The Balaban J connectivity index is 1.85. The Labute approximate surface area is 181 Å². The maximum absolute atomic E-state index is 12.8. The third-order valence-electron chi connectivity index (χ3n) is 5.16. The Bertz CT molecular complexity index is 1020. The van der Waals surface area contributed by atoms with Gasteiger partial charge in [0.05, 0.1) is 29.5 Å². The van der Waals surface area contributed by atoms with E-state index < -0.39 is 24.0 Å². The molecule has 0 saturated heterocycles. The first-order chi connectivity index (χ1) is 14.9. The number of nitrogens with one attached hydrogen (secondary N) is 2. The Hall–Kier alpha value is -3.55. The molecule has 0 unspecified atom stereocenters. The van der Waals surface area contributed by atoms with Gasteiger partial charge in [-0.05, 0) is 45.4 Å². The molecule has 0 saturated carbocycles. The summed E-state index contributed by atoms with van der Waals surface area (Å²) in [4.78, 5) is 37.3. The summed E-state index contributed by atoms with van der Waals surface area (Å²) in [7, 11) is 0. The van der Waals surface area contributed by atoms with Gasteiger partial charge in [0.2, 0.25) is 0 Å². The number of aryl methyl sites for hydroxylation is 1. The van der Waals surface area contributed by atoms with Gasteiger partial charge in [0, 0.05) is 17.1 Å². The molecule has 1 aromatic carbocycles. The molecule has 31 heavy (non-hydrogen) atoms. The highest BCUT2D eigenvalue weighted by molar-refractivity contribution is 5.95. The predicted octanol–water partition coefficient (Wildman–Crippen LogP) is 3.16. The zero-order chi connectivity index (χ0) is 22.5. The molecule has 1 aliphatic rings. The number of amides is 2. The fourth-order valence-electron chi connectivity index (χ4n) is 3.73. The fraction of sp³-hybridized carbons (Fsp3) is 0.348. The molecule has 1 atom stereocenters. The third-order valence-corrected chi connectivity index (χ3v) is 5.16. The van der Waals surface area contributed by atoms with Crippen LogP contribution in [0.3, 0.4) is 0 Å². The van der Waals surface area contributed by atoms with Gasteiger partial charge >= 0.3 is 18.0 Å². The highest BCUT2D eigenvalue weighted by atomic mass is 16.5. The average molecular weight is 425 g/mol. The molecule has 0 spiro atoms. The second-order valence-corrected chi connectivity index (χ2v) is 7.20. The number of urea groups is 1. The van der Waals surface area contributed by atoms with Crippen LogP contribution in [0, 0.1) is 13.8 Å². The summed E-state index contributed by atoms with van der Waals surface area (Å²) >= 11 is 0. The first kappa shape index (κ1) is 22.1. The normalized spacial score (nSPS) is 15.9. The number of esters is 2. The van der Waals surface area contributed by atoms with Crippen LogP contribution in [0.15, 0.2) is 47.7 Å². The molecule has 8 nitrogen and oxygen atoms in total. The standard InChI is InChI=1S/C23H27N3O5/c1-5-18-20(22(28)30-6-2)19(25-23(29)24-18)13-31-21(27)17-12-14(3)26(15(17)4)16-10-8-7-9-11-16/h7-12,18H,5-6,13H2,1-4H3,(H2,24,25,29)/t18-/m0/s1. The van der Waals surface area contributed by atoms with Gasteiger partial charge in [-0.25, -0.2) is 14.4 Å². The minimum Gasteiger partial charge on any atom is -0.463 e. The van der Waals surface area contributed by atoms with E-state index in [1.807, 2.05) is 55.7 Å². The minimum atomic E-state index is -0.546. The third kappa shape index (κ3) is 4.63. The molecule has 0 radical (unpaired) electrons. The molecule has 0 aliphatic carbocycles. The van der Waals surface area contributed by atoms with Gasteiger partial charge < -0.3 is 24.7 Å². The van der Waals surface area contributed by atoms with Crippen LogP contribution >= 0.6 is 0 Å². The Morgan fingerprint density at radius 2 is 1.77 bits per heavy atom. The van der Waals surface area contributed by atoms with Crippen molar-refractivity contribution < 1.29 is 23.9 Å². The number of benzene rings is 1. The Morgan fingerprint density at radius 1 is 1.06 bits per heavy atom. The van der Waals surface area contributed by atoms with E-state index in [0.717, 1.165) is 17.1 Å². The van der Waals surface area contributed by atoms with E-state index in [0.29, 0.717) is 12.0 Å². The number of aromatic nitrogens is 1. The number of hydrogen-bond donors (Lipinski definition) is 2. The molecule has 0 fully saturated rings. The van der Waals surface area contributed by atoms with Gasteiger partial charge in [0.15, 0.2) is 0 Å². The number of nitrogens with zero attached hydrogens (tertiary/aromatic N) is 1. The predicted molar refractivity (Wildman–Crippen MR) is 115 cm³/mol. The van der Waals surface area contributed by atoms with Crippen LogP contribution in [0.4, 0.5) is 4.79 Å². The second-order valence-electron chi connectivity index (χ2n) is 7.20. The molecule has 0 bridgehead atoms. The maximum Gasteiger partial charge on any atom is 0.340 e. The van der Waals surface area contributed by atoms with Gasteiger partial charge in [-0.15, -0.1) is 0 Å². The molecule has 2 aromatic rings. The average Bonchev–Trinajstić information content (AvgIpc) is 3.06. The molecule has 164 valence electrons. The van der Waals surface area contributed by atoms with Crippen molar-refractivity contribution in [2.24, 2.45) is 0 Å². The van der Waals surface area contributed by atoms with Gasteiger partial charge in [-0.1, -0.05) is 25.1 Å². The van der Waals surface area contributed by atoms with E-state index >= 15 is 0 Å². The van der Waals surface area contributed by atoms with Crippen LogP contribution in [-0.2, 0) is 14.3 Å². The molecular weight excluding hydrogens is 398 g/mol. The lowest BCUT2D eigenvalue weighted by atomic mass is 10.0. The largest absolute Gasteiger partial charge is 0.463 e. The molecule has 1 aliphatic heterocycles. The molecule has 1 aromatic heterocycles. The molecule has 3 rings (SSSR count). The van der Waals surface area contributed by atoms with Crippen LogP contribution in [0.5, 0.6) is 0 Å². The summed E-state index contributed by atoms with van der Waals surface area (Å²) < 4.78 is 12.6. The Morgan fingerprint density at radius 3 is 2.42 bits per heavy atom. The van der Waals surface area contributed by atoms with Crippen molar-refractivity contribution in [2.45, 2.75) is 40.2 Å². The number of para-hydroxylation sites is 1. The van der Waals surface area contributed by atoms with Crippen molar-refractivity contribution in [1.29, 1.82) is 0 Å². The van der Waals surface area contributed by atoms with Crippen molar-refractivity contribution in [3.63, 3.8) is 0 Å². The lowest BCUT2D eigenvalue weighted by Crippen LogP contribution is -2.51. The maximum atomic E-state index is 12.8. The zero-order valence-electron chi connectivity index (χ0n) is 18.2. The topological polar surface area (TPSA) is 98.7 Å². The van der Waals surface area contributed by atoms with Gasteiger partial charge in [-0.3, -0.25) is 0 Å². The van der Waals surface area contributed by atoms with E-state index in [4.69, 9.17) is 9.47 Å². The van der Waals surface area contributed by atoms with E-state index in [1.54, 1.807) is 13.0 Å². The van der Waals surface area contributed by atoms with Crippen molar-refractivity contribution >= 4 is 18.0 Å². The summed E-state index contributed by atoms with van der Waals surface area (Å²) in [5.41, 5.74) is 3.51. The van der Waals surface area contributed by atoms with Crippen LogP contribution in [0.2, 0.25) is 0 Å². The smallest absolute Gasteiger partial charge is 0.340 e. The highest BCUT2D eigenvalue weighted by Gasteiger charge is 2.32. The van der Waals surface area contributed by atoms with Gasteiger partial charge in [0.1, 0.15) is 6.61 Å². The SMILES string of the molecule is CCOC(=O)C1=C(COC(=O)c2cc(C)n(-c3ccccc3)c2C)NC(=O)N[C@H]1CC. The molecular formula is C23H27N3O5. The quantitative estimate of drug-likeness (QED) is 0.664. The monoisotopic (exact) mass is 425 g/mol. The first-order valence-electron chi connectivity index (χ1n) is 10.3. The first-order valence-corrected chi connectivity index (χ1v) is 10.3. The summed E-state index contributed by atoms with van der Waals surface area (Å²) in [6.07, 6.45) is 0.497. The molecule has 2 amide bonds. The van der Waals surface area contributed by atoms with Crippen LogP contribution in [-0.4, -0.2) is 41.8 Å². The summed E-state index contributed by atoms with van der Waals surface area (Å²) in [6, 6.07) is 10.5. The van der Waals surface area contributed by atoms with Crippen LogP contribution in [0.25, 0.3) is 5.69 Å². The van der Waals surface area contributed by atoms with Crippen molar-refractivity contribution in [3.8, 4) is 5.69 Å². The minimum absolute atomic E-state index is 0.200. The van der Waals surface area contributed by atoms with E-state index in [2.05, 4.69) is 10.6 Å². The molecule has 2 heterocycles. The van der Waals surface area contributed by atoms with E-state index in [1.165, 1.54) is 0 Å². The van der Waals surface area contributed by atoms with Crippen molar-refractivity contribution in [1.82, 2.24) is 15.2 Å². The summed E-state index contributed by atoms with van der Waals surface area (Å²) in [5, 5.41) is 5.27. The second kappa shape index (κ2) is 9.51. The summed E-state index contributed by atoms with van der Waals surface area (Å²) in [6.45, 7) is 7.27. The number of rotatable bonds is 7. The van der Waals surface area contributed by atoms with Gasteiger partial charge in [0.25, 0.3) is 0 Å². The number of carbonyl (C=O) groups is 3. The van der Waals surface area contributed by atoms with Crippen molar-refractivity contribution in [2.75, 3.05) is 13.2 Å². The fourth-order valence-corrected chi connectivity index (χ4v) is 3.73. The van der Waals surface area contributed by atoms with Gasteiger partial charge in [-0.2, -0.15) is 0 Å². The highest BCUT2D eigenvalue weighted by Crippen LogP contribution is 2.22. The Kier molecular flexibility index (Phi) is 6.79. The van der Waals surface area contributed by atoms with Crippen molar-refractivity contribution in [3.05, 3.63) is 64.6 Å². The molecule has 2 N–H and O–H groups in total. The van der Waals surface area contributed by atoms with E-state index in [9.17, 15) is 14.4 Å². The lowest BCUT2D eigenvalue weighted by molar-refractivity contribution is -0.139. The number of hydrogen-bond acceptors (Lipinski definition) is 5. The summed E-state index contributed by atoms with van der Waals surface area (Å²) in [5.74, 6) is -1.08. The molecule has 8 heteroatoms. The zero-order valence-corrected chi connectivity index (χ0v) is 18.2. The number of carbonyl (C=O) groups excluding carboxylic acids is 3. The van der Waals surface area contributed by atoms with E-state index in [-0.39, 0.29) is 24.5 Å². The lowest BCUT2D eigenvalue weighted by Gasteiger charge is -2.28.